The SMILES string of the molecule is CNCC1CCN(C(=O)C(C)Oc2ccc(Cl)cc2[N+](=O)[O-])CC1.Cl. The number of amides is 1. The minimum absolute atomic E-state index is 0. The molecule has 2 rings (SSSR count). The number of hydrogen-bond acceptors (Lipinski definition) is 5. The molecule has 1 fully saturated rings. The lowest BCUT2D eigenvalue weighted by Crippen LogP contribution is -2.45. The van der Waals surface area contributed by atoms with Crippen molar-refractivity contribution in [2.45, 2.75) is 25.9 Å². The standard InChI is InChI=1S/C16H22ClN3O4.ClH/c1-11(16(21)19-7-5-12(6-8-19)10-18-2)24-15-4-3-13(17)9-14(15)20(22)23;/h3-4,9,11-12,18H,5-8,10H2,1-2H3;1H. The first kappa shape index (κ1) is 21.5. The van der Waals surface area contributed by atoms with Gasteiger partial charge in [-0.05, 0) is 51.4 Å². The van der Waals surface area contributed by atoms with Crippen LogP contribution in [0.25, 0.3) is 0 Å². The number of carbonyl (C=O) groups is 1. The first-order valence-electron chi connectivity index (χ1n) is 7.96. The molecule has 1 unspecified atom stereocenters. The molecule has 1 atom stereocenters. The van der Waals surface area contributed by atoms with E-state index < -0.39 is 11.0 Å². The summed E-state index contributed by atoms with van der Waals surface area (Å²) in [4.78, 5) is 24.8. The maximum Gasteiger partial charge on any atom is 0.312 e. The maximum atomic E-state index is 12.5. The fourth-order valence-corrected chi connectivity index (χ4v) is 3.04. The number of carbonyl (C=O) groups excluding carboxylic acids is 1. The summed E-state index contributed by atoms with van der Waals surface area (Å²) in [5.74, 6) is 0.477. The van der Waals surface area contributed by atoms with E-state index in [1.54, 1.807) is 11.8 Å². The molecule has 25 heavy (non-hydrogen) atoms. The van der Waals surface area contributed by atoms with Gasteiger partial charge in [-0.1, -0.05) is 11.6 Å². The van der Waals surface area contributed by atoms with Gasteiger partial charge < -0.3 is 15.0 Å². The van der Waals surface area contributed by atoms with Gasteiger partial charge in [-0.2, -0.15) is 0 Å². The van der Waals surface area contributed by atoms with Crippen molar-refractivity contribution in [3.8, 4) is 5.75 Å². The summed E-state index contributed by atoms with van der Waals surface area (Å²) in [7, 11) is 1.92. The van der Waals surface area contributed by atoms with Crippen LogP contribution in [0.1, 0.15) is 19.8 Å². The highest BCUT2D eigenvalue weighted by Gasteiger charge is 2.28. The van der Waals surface area contributed by atoms with E-state index in [1.165, 1.54) is 18.2 Å². The number of halogens is 2. The Morgan fingerprint density at radius 1 is 1.48 bits per heavy atom. The zero-order chi connectivity index (χ0) is 17.7. The number of nitro benzene ring substituents is 1. The molecular weight excluding hydrogens is 369 g/mol. The van der Waals surface area contributed by atoms with Gasteiger partial charge in [0.2, 0.25) is 0 Å². The molecule has 0 spiro atoms. The summed E-state index contributed by atoms with van der Waals surface area (Å²) in [6, 6.07) is 4.14. The van der Waals surface area contributed by atoms with Gasteiger partial charge in [-0.3, -0.25) is 14.9 Å². The molecular formula is C16H23Cl2N3O4. The van der Waals surface area contributed by atoms with Crippen LogP contribution in [0.4, 0.5) is 5.69 Å². The highest BCUT2D eigenvalue weighted by molar-refractivity contribution is 6.30. The fourth-order valence-electron chi connectivity index (χ4n) is 2.88. The molecule has 0 radical (unpaired) electrons. The number of nitro groups is 1. The summed E-state index contributed by atoms with van der Waals surface area (Å²) in [5.41, 5.74) is -0.241. The third-order valence-electron chi connectivity index (χ3n) is 4.19. The molecule has 1 aromatic rings. The number of likely N-dealkylation sites (tertiary alicyclic amines) is 1. The molecule has 1 amide bonds. The van der Waals surface area contributed by atoms with E-state index in [-0.39, 0.29) is 34.8 Å². The summed E-state index contributed by atoms with van der Waals surface area (Å²) in [6.45, 7) is 3.93. The zero-order valence-electron chi connectivity index (χ0n) is 14.2. The number of benzene rings is 1. The lowest BCUT2D eigenvalue weighted by Gasteiger charge is -2.33. The molecule has 0 aromatic heterocycles. The summed E-state index contributed by atoms with van der Waals surface area (Å²) >= 11 is 5.78. The number of ether oxygens (including phenoxy) is 1. The van der Waals surface area contributed by atoms with Crippen LogP contribution in [0.15, 0.2) is 18.2 Å². The van der Waals surface area contributed by atoms with Crippen LogP contribution in [-0.2, 0) is 4.79 Å². The van der Waals surface area contributed by atoms with Crippen LogP contribution in [0.2, 0.25) is 5.02 Å². The summed E-state index contributed by atoms with van der Waals surface area (Å²) < 4.78 is 5.55. The number of rotatable bonds is 6. The predicted octanol–water partition coefficient (Wildman–Crippen LogP) is 2.90. The third kappa shape index (κ3) is 5.73. The quantitative estimate of drug-likeness (QED) is 0.595. The molecule has 0 saturated carbocycles. The van der Waals surface area contributed by atoms with E-state index in [1.807, 2.05) is 7.05 Å². The van der Waals surface area contributed by atoms with Crippen molar-refractivity contribution in [3.05, 3.63) is 33.3 Å². The molecule has 1 saturated heterocycles. The normalized spacial score (nSPS) is 16.0. The first-order valence-corrected chi connectivity index (χ1v) is 8.34. The predicted molar refractivity (Wildman–Crippen MR) is 98.7 cm³/mol. The lowest BCUT2D eigenvalue weighted by molar-refractivity contribution is -0.386. The van der Waals surface area contributed by atoms with Crippen molar-refractivity contribution in [2.24, 2.45) is 5.92 Å². The van der Waals surface area contributed by atoms with E-state index in [0.717, 1.165) is 19.4 Å². The lowest BCUT2D eigenvalue weighted by atomic mass is 9.96. The van der Waals surface area contributed by atoms with E-state index >= 15 is 0 Å². The minimum atomic E-state index is -0.786. The molecule has 9 heteroatoms. The van der Waals surface area contributed by atoms with Crippen LogP contribution in [0.3, 0.4) is 0 Å². The van der Waals surface area contributed by atoms with Crippen LogP contribution < -0.4 is 10.1 Å². The zero-order valence-corrected chi connectivity index (χ0v) is 15.8. The Hall–Kier alpha value is -1.57. The van der Waals surface area contributed by atoms with E-state index in [0.29, 0.717) is 19.0 Å². The van der Waals surface area contributed by atoms with Crippen molar-refractivity contribution in [3.63, 3.8) is 0 Å². The van der Waals surface area contributed by atoms with E-state index in [2.05, 4.69) is 5.32 Å². The monoisotopic (exact) mass is 391 g/mol. The van der Waals surface area contributed by atoms with Crippen molar-refractivity contribution in [2.75, 3.05) is 26.7 Å². The Balaban J connectivity index is 0.00000312. The number of nitrogens with zero attached hydrogens (tertiary/aromatic N) is 2. The van der Waals surface area contributed by atoms with Gasteiger partial charge in [0.1, 0.15) is 0 Å². The third-order valence-corrected chi connectivity index (χ3v) is 4.42. The van der Waals surface area contributed by atoms with Gasteiger partial charge >= 0.3 is 5.69 Å². The van der Waals surface area contributed by atoms with Crippen LogP contribution >= 0.6 is 24.0 Å². The van der Waals surface area contributed by atoms with Gasteiger partial charge in [-0.25, -0.2) is 0 Å². The number of hydrogen-bond donors (Lipinski definition) is 1. The van der Waals surface area contributed by atoms with Crippen molar-refractivity contribution >= 4 is 35.6 Å². The Bertz CT molecular complexity index is 607. The average molecular weight is 392 g/mol. The second kappa shape index (κ2) is 9.79. The highest BCUT2D eigenvalue weighted by Crippen LogP contribution is 2.31. The molecule has 1 N–H and O–H groups in total. The van der Waals surface area contributed by atoms with Gasteiger partial charge in [0.25, 0.3) is 5.91 Å². The van der Waals surface area contributed by atoms with Gasteiger partial charge in [-0.15, -0.1) is 12.4 Å². The molecule has 1 heterocycles. The topological polar surface area (TPSA) is 84.7 Å². The molecule has 1 aliphatic heterocycles. The fraction of sp³-hybridized carbons (Fsp3) is 0.562. The second-order valence-corrected chi connectivity index (χ2v) is 6.39. The van der Waals surface area contributed by atoms with Gasteiger partial charge in [0, 0.05) is 24.2 Å². The minimum Gasteiger partial charge on any atom is -0.474 e. The Morgan fingerprint density at radius 3 is 2.68 bits per heavy atom. The molecule has 0 aliphatic carbocycles. The Morgan fingerprint density at radius 2 is 2.12 bits per heavy atom. The van der Waals surface area contributed by atoms with Gasteiger partial charge in [0.05, 0.1) is 4.92 Å². The molecule has 0 bridgehead atoms. The molecule has 7 nitrogen and oxygen atoms in total. The van der Waals surface area contributed by atoms with Crippen LogP contribution in [-0.4, -0.2) is 48.5 Å². The Kier molecular flexibility index (Phi) is 8.41. The van der Waals surface area contributed by atoms with Crippen LogP contribution in [0.5, 0.6) is 5.75 Å². The van der Waals surface area contributed by atoms with E-state index in [4.69, 9.17) is 16.3 Å². The highest BCUT2D eigenvalue weighted by atomic mass is 35.5. The van der Waals surface area contributed by atoms with E-state index in [9.17, 15) is 14.9 Å². The van der Waals surface area contributed by atoms with Crippen molar-refractivity contribution < 1.29 is 14.5 Å². The average Bonchev–Trinajstić information content (AvgIpc) is 2.56. The molecule has 140 valence electrons. The van der Waals surface area contributed by atoms with Crippen LogP contribution in [0, 0.1) is 16.0 Å². The summed E-state index contributed by atoms with van der Waals surface area (Å²) in [6.07, 6.45) is 1.10. The van der Waals surface area contributed by atoms with Crippen molar-refractivity contribution in [1.29, 1.82) is 0 Å². The number of nitrogens with one attached hydrogen (secondary N) is 1. The Labute approximate surface area is 158 Å². The first-order chi connectivity index (χ1) is 11.4. The largest absolute Gasteiger partial charge is 0.474 e. The smallest absolute Gasteiger partial charge is 0.312 e. The van der Waals surface area contributed by atoms with Crippen molar-refractivity contribution in [1.82, 2.24) is 10.2 Å². The maximum absolute atomic E-state index is 12.5. The second-order valence-electron chi connectivity index (χ2n) is 5.96. The number of piperidine rings is 1. The molecule has 1 aliphatic rings. The molecule has 1 aromatic carbocycles. The van der Waals surface area contributed by atoms with Gasteiger partial charge in [0.15, 0.2) is 11.9 Å². The summed E-state index contributed by atoms with van der Waals surface area (Å²) in [5, 5.41) is 14.5.